The molecule has 160 valence electrons. The van der Waals surface area contributed by atoms with Crippen LogP contribution >= 0.6 is 11.3 Å². The molecular weight excluding hydrogens is 418 g/mol. The minimum absolute atomic E-state index is 0.137. The lowest BCUT2D eigenvalue weighted by molar-refractivity contribution is -0.119. The van der Waals surface area contributed by atoms with Crippen molar-refractivity contribution in [2.45, 2.75) is 26.4 Å². The van der Waals surface area contributed by atoms with E-state index in [4.69, 9.17) is 4.42 Å². The van der Waals surface area contributed by atoms with Gasteiger partial charge in [-0.25, -0.2) is 9.78 Å². The molecule has 0 saturated heterocycles. The fraction of sp³-hybridized carbons (Fsp3) is 0.238. The zero-order chi connectivity index (χ0) is 22.0. The summed E-state index contributed by atoms with van der Waals surface area (Å²) in [4.78, 5) is 40.3. The second kappa shape index (κ2) is 8.60. The minimum Gasteiger partial charge on any atom is -0.458 e. The van der Waals surface area contributed by atoms with Crippen LogP contribution in [-0.4, -0.2) is 25.9 Å². The van der Waals surface area contributed by atoms with E-state index in [1.54, 1.807) is 33.7 Å². The zero-order valence-corrected chi connectivity index (χ0v) is 17.9. The summed E-state index contributed by atoms with van der Waals surface area (Å²) >= 11 is 1.29. The molecule has 0 aliphatic rings. The Morgan fingerprint density at radius 1 is 1.16 bits per heavy atom. The van der Waals surface area contributed by atoms with Gasteiger partial charge in [0.15, 0.2) is 10.9 Å². The number of aryl methyl sites for hydroxylation is 2. The van der Waals surface area contributed by atoms with Crippen molar-refractivity contribution in [3.63, 3.8) is 0 Å². The molecule has 3 aromatic heterocycles. The summed E-state index contributed by atoms with van der Waals surface area (Å²) in [6.45, 7) is 2.02. The molecule has 4 rings (SSSR count). The molecule has 0 aliphatic heterocycles. The second-order valence-electron chi connectivity index (χ2n) is 6.99. The molecule has 1 aromatic carbocycles. The fourth-order valence-corrected chi connectivity index (χ4v) is 3.96. The van der Waals surface area contributed by atoms with Gasteiger partial charge in [-0.05, 0) is 24.3 Å². The fourth-order valence-electron chi connectivity index (χ4n) is 3.24. The highest BCUT2D eigenvalue weighted by Gasteiger charge is 2.14. The number of carbonyl (C=O) groups is 2. The number of rotatable bonds is 7. The molecule has 0 aliphatic carbocycles. The number of furan rings is 1. The number of hydrogen-bond donors (Lipinski definition) is 2. The first-order chi connectivity index (χ1) is 14.9. The predicted molar refractivity (Wildman–Crippen MR) is 118 cm³/mol. The Morgan fingerprint density at radius 3 is 2.71 bits per heavy atom. The molecule has 0 radical (unpaired) electrons. The number of nitrogens with one attached hydrogen (secondary N) is 2. The topological polar surface area (TPSA) is 111 Å². The average Bonchev–Trinajstić information content (AvgIpc) is 3.45. The largest absolute Gasteiger partial charge is 0.458 e. The summed E-state index contributed by atoms with van der Waals surface area (Å²) < 4.78 is 8.85. The number of amides is 2. The number of nitrogens with zero attached hydrogens (tertiary/aromatic N) is 3. The van der Waals surface area contributed by atoms with Gasteiger partial charge in [-0.3, -0.25) is 18.7 Å². The molecule has 10 heteroatoms. The summed E-state index contributed by atoms with van der Waals surface area (Å²) in [5, 5.41) is 7.67. The first kappa shape index (κ1) is 20.6. The number of fused-ring (bicyclic) bond motifs is 1. The number of benzene rings is 1. The third-order valence-corrected chi connectivity index (χ3v) is 5.55. The molecule has 2 N–H and O–H groups in total. The van der Waals surface area contributed by atoms with Crippen molar-refractivity contribution in [2.75, 3.05) is 5.32 Å². The number of carbonyl (C=O) groups excluding carboxylic acids is 2. The van der Waals surface area contributed by atoms with Crippen LogP contribution in [-0.2, 0) is 29.7 Å². The average molecular weight is 439 g/mol. The highest BCUT2D eigenvalue weighted by Crippen LogP contribution is 2.26. The van der Waals surface area contributed by atoms with Gasteiger partial charge in [0.05, 0.1) is 17.6 Å². The van der Waals surface area contributed by atoms with Crippen molar-refractivity contribution in [2.24, 2.45) is 7.05 Å². The number of anilines is 1. The van der Waals surface area contributed by atoms with Gasteiger partial charge in [0.25, 0.3) is 0 Å². The van der Waals surface area contributed by atoms with E-state index in [0.717, 1.165) is 11.0 Å². The molecule has 2 amide bonds. The summed E-state index contributed by atoms with van der Waals surface area (Å²) in [5.74, 6) is 0.803. The quantitative estimate of drug-likeness (QED) is 0.460. The standard InChI is InChI=1S/C21H21N5O4S/c1-13(27)22-11-14-7-8-18(30-14)15-12-31-20(23-15)24-19(28)9-10-26-17-6-4-3-5-16(17)25(2)21(26)29/h3-8,12H,9-11H2,1-2H3,(H,22,27)(H,23,24,28). The third kappa shape index (κ3) is 4.43. The Kier molecular flexibility index (Phi) is 5.72. The van der Waals surface area contributed by atoms with E-state index in [0.29, 0.717) is 28.9 Å². The van der Waals surface area contributed by atoms with E-state index in [1.165, 1.54) is 18.3 Å². The van der Waals surface area contributed by atoms with Crippen LogP contribution in [0.15, 0.2) is 51.0 Å². The Bertz CT molecular complexity index is 1310. The van der Waals surface area contributed by atoms with E-state index in [9.17, 15) is 14.4 Å². The molecule has 0 spiro atoms. The third-order valence-electron chi connectivity index (χ3n) is 4.79. The van der Waals surface area contributed by atoms with Gasteiger partial charge in [0.1, 0.15) is 11.5 Å². The smallest absolute Gasteiger partial charge is 0.328 e. The molecule has 0 saturated carbocycles. The van der Waals surface area contributed by atoms with Crippen molar-refractivity contribution >= 4 is 39.3 Å². The molecule has 0 fully saturated rings. The molecule has 31 heavy (non-hydrogen) atoms. The molecular formula is C21H21N5O4S. The van der Waals surface area contributed by atoms with Crippen LogP contribution in [0.2, 0.25) is 0 Å². The van der Waals surface area contributed by atoms with Crippen LogP contribution in [0, 0.1) is 0 Å². The summed E-state index contributed by atoms with van der Waals surface area (Å²) in [5.41, 5.74) is 2.07. The Morgan fingerprint density at radius 2 is 1.94 bits per heavy atom. The number of thiazole rings is 1. The van der Waals surface area contributed by atoms with E-state index in [1.807, 2.05) is 24.3 Å². The lowest BCUT2D eigenvalue weighted by Crippen LogP contribution is -2.24. The van der Waals surface area contributed by atoms with Crippen molar-refractivity contribution in [3.8, 4) is 11.5 Å². The first-order valence-electron chi connectivity index (χ1n) is 9.65. The van der Waals surface area contributed by atoms with Crippen LogP contribution in [0.25, 0.3) is 22.5 Å². The second-order valence-corrected chi connectivity index (χ2v) is 7.85. The van der Waals surface area contributed by atoms with E-state index < -0.39 is 0 Å². The lowest BCUT2D eigenvalue weighted by atomic mass is 10.3. The Hall–Kier alpha value is -3.66. The van der Waals surface area contributed by atoms with Crippen molar-refractivity contribution in [3.05, 3.63) is 58.0 Å². The van der Waals surface area contributed by atoms with Crippen LogP contribution in [0.5, 0.6) is 0 Å². The Balaban J connectivity index is 1.38. The monoisotopic (exact) mass is 439 g/mol. The van der Waals surface area contributed by atoms with E-state index in [2.05, 4.69) is 15.6 Å². The highest BCUT2D eigenvalue weighted by atomic mass is 32.1. The van der Waals surface area contributed by atoms with Crippen molar-refractivity contribution < 1.29 is 14.0 Å². The molecule has 0 atom stereocenters. The van der Waals surface area contributed by atoms with Gasteiger partial charge < -0.3 is 15.1 Å². The summed E-state index contributed by atoms with van der Waals surface area (Å²) in [7, 11) is 1.72. The maximum atomic E-state index is 12.5. The molecule has 3 heterocycles. The minimum atomic E-state index is -0.230. The van der Waals surface area contributed by atoms with Crippen molar-refractivity contribution in [1.29, 1.82) is 0 Å². The number of hydrogen-bond acceptors (Lipinski definition) is 6. The van der Waals surface area contributed by atoms with Gasteiger partial charge in [0.2, 0.25) is 11.8 Å². The normalized spacial score (nSPS) is 11.0. The predicted octanol–water partition coefficient (Wildman–Crippen LogP) is 2.72. The van der Waals surface area contributed by atoms with Crippen LogP contribution in [0.4, 0.5) is 5.13 Å². The van der Waals surface area contributed by atoms with Gasteiger partial charge in [0, 0.05) is 32.3 Å². The molecule has 0 unspecified atom stereocenters. The Labute approximate surface area is 181 Å². The van der Waals surface area contributed by atoms with Crippen LogP contribution in [0.1, 0.15) is 19.1 Å². The van der Waals surface area contributed by atoms with Gasteiger partial charge in [-0.2, -0.15) is 0 Å². The number of aromatic nitrogens is 3. The van der Waals surface area contributed by atoms with Crippen molar-refractivity contribution in [1.82, 2.24) is 19.4 Å². The van der Waals surface area contributed by atoms with Gasteiger partial charge >= 0.3 is 5.69 Å². The van der Waals surface area contributed by atoms with E-state index in [-0.39, 0.29) is 30.5 Å². The maximum absolute atomic E-state index is 12.5. The highest BCUT2D eigenvalue weighted by molar-refractivity contribution is 7.14. The van der Waals surface area contributed by atoms with Gasteiger partial charge in [-0.1, -0.05) is 12.1 Å². The van der Waals surface area contributed by atoms with Gasteiger partial charge in [-0.15, -0.1) is 11.3 Å². The SMILES string of the molecule is CC(=O)NCc1ccc(-c2csc(NC(=O)CCn3c(=O)n(C)c4ccccc43)n2)o1. The lowest BCUT2D eigenvalue weighted by Gasteiger charge is -2.03. The van der Waals surface area contributed by atoms with Crippen LogP contribution in [0.3, 0.4) is 0 Å². The van der Waals surface area contributed by atoms with E-state index >= 15 is 0 Å². The number of para-hydroxylation sites is 2. The van der Waals surface area contributed by atoms with Crippen LogP contribution < -0.4 is 16.3 Å². The molecule has 9 nitrogen and oxygen atoms in total. The maximum Gasteiger partial charge on any atom is 0.328 e. The zero-order valence-electron chi connectivity index (χ0n) is 17.0. The number of imidazole rings is 1. The molecule has 0 bridgehead atoms. The molecule has 4 aromatic rings. The first-order valence-corrected chi connectivity index (χ1v) is 10.5. The summed E-state index contributed by atoms with van der Waals surface area (Å²) in [6.07, 6.45) is 0.143. The summed E-state index contributed by atoms with van der Waals surface area (Å²) in [6, 6.07) is 11.0.